The molecule has 4 bridgehead atoms. The number of rotatable bonds is 3. The first kappa shape index (κ1) is 24.0. The fourth-order valence-electron chi connectivity index (χ4n) is 6.51. The van der Waals surface area contributed by atoms with Crippen LogP contribution in [0, 0.1) is 0 Å². The van der Waals surface area contributed by atoms with E-state index in [0.717, 1.165) is 54.6 Å². The number of nitrogens with zero attached hydrogens (tertiary/aromatic N) is 3. The van der Waals surface area contributed by atoms with E-state index in [0.29, 0.717) is 11.6 Å². The van der Waals surface area contributed by atoms with Crippen LogP contribution < -0.4 is 0 Å². The Morgan fingerprint density at radius 3 is 1.76 bits per heavy atom. The fraction of sp³-hybridized carbons (Fsp3) is 0.132. The lowest BCUT2D eigenvalue weighted by Gasteiger charge is -2.18. The Balaban J connectivity index is 1.26. The average molecular weight is 528 g/mol. The van der Waals surface area contributed by atoms with Crippen molar-refractivity contribution in [3.63, 3.8) is 0 Å². The maximum Gasteiger partial charge on any atom is 0.164 e. The van der Waals surface area contributed by atoms with E-state index < -0.39 is 0 Å². The van der Waals surface area contributed by atoms with Crippen LogP contribution in [0.4, 0.5) is 0 Å². The lowest BCUT2D eigenvalue weighted by atomic mass is 9.87. The Hall–Kier alpha value is -4.89. The van der Waals surface area contributed by atoms with Gasteiger partial charge in [0.05, 0.1) is 0 Å². The third-order valence-corrected chi connectivity index (χ3v) is 8.61. The summed E-state index contributed by atoms with van der Waals surface area (Å²) in [5.74, 6) is 2.16. The van der Waals surface area contributed by atoms with Crippen molar-refractivity contribution >= 4 is 0 Å². The van der Waals surface area contributed by atoms with Gasteiger partial charge in [0.2, 0.25) is 0 Å². The van der Waals surface area contributed by atoms with E-state index in [4.69, 9.17) is 15.0 Å². The highest BCUT2D eigenvalue weighted by atomic mass is 15.0. The van der Waals surface area contributed by atoms with Crippen molar-refractivity contribution in [1.29, 1.82) is 0 Å². The first-order valence-corrected chi connectivity index (χ1v) is 14.5. The molecule has 0 spiro atoms. The Morgan fingerprint density at radius 1 is 0.415 bits per heavy atom. The van der Waals surface area contributed by atoms with Crippen molar-refractivity contribution in [2.45, 2.75) is 32.1 Å². The molecule has 3 heteroatoms. The molecule has 5 aliphatic carbocycles. The highest BCUT2D eigenvalue weighted by molar-refractivity contribution is 5.81. The quantitative estimate of drug-likeness (QED) is 0.232. The van der Waals surface area contributed by atoms with E-state index in [1.807, 2.05) is 36.4 Å². The monoisotopic (exact) mass is 527 g/mol. The summed E-state index contributed by atoms with van der Waals surface area (Å²) in [6, 6.07) is 41.1. The predicted molar refractivity (Wildman–Crippen MR) is 166 cm³/mol. The van der Waals surface area contributed by atoms with Crippen molar-refractivity contribution in [1.82, 2.24) is 15.0 Å². The number of hydrogen-bond donors (Lipinski definition) is 0. The molecule has 0 N–H and O–H groups in total. The molecule has 0 atom stereocenters. The van der Waals surface area contributed by atoms with Crippen molar-refractivity contribution in [2.24, 2.45) is 0 Å². The van der Waals surface area contributed by atoms with Gasteiger partial charge in [-0.3, -0.25) is 0 Å². The van der Waals surface area contributed by atoms with Gasteiger partial charge in [-0.15, -0.1) is 0 Å². The van der Waals surface area contributed by atoms with Crippen molar-refractivity contribution in [3.05, 3.63) is 149 Å². The van der Waals surface area contributed by atoms with E-state index in [2.05, 4.69) is 78.9 Å². The van der Waals surface area contributed by atoms with Gasteiger partial charge in [0, 0.05) is 16.7 Å². The second-order valence-corrected chi connectivity index (χ2v) is 11.1. The zero-order valence-corrected chi connectivity index (χ0v) is 22.8. The molecule has 0 saturated carbocycles. The maximum absolute atomic E-state index is 5.08. The third-order valence-electron chi connectivity index (χ3n) is 8.61. The Labute approximate surface area is 240 Å². The number of fused-ring (bicyclic) bond motifs is 1. The standard InChI is InChI=1S/C38H29N3/c1-3-9-29(10-4-1)36-39-37(30-11-5-2-6-12-30)41-38(40-36)34-23-25-15-17-26-19-21-28(22-20-27(34)18-16-25)35-32-14-8-7-13-31(32)24-33(26)35/h1-14,16,18-19,21,23H,15,17,20,22,24H2. The summed E-state index contributed by atoms with van der Waals surface area (Å²) in [5, 5.41) is 0. The zero-order valence-electron chi connectivity index (χ0n) is 22.8. The first-order valence-electron chi connectivity index (χ1n) is 14.5. The van der Waals surface area contributed by atoms with Gasteiger partial charge in [-0.1, -0.05) is 109 Å². The molecule has 0 amide bonds. The largest absolute Gasteiger partial charge is 0.208 e. The SMILES string of the molecule is c1ccc(-c2nc(-c3ccccc3)nc(-c3cc4ccc3CCc3ccc(c5c3-c3ccccc3C5)CC4)n2)cc1. The van der Waals surface area contributed by atoms with Gasteiger partial charge in [-0.2, -0.15) is 0 Å². The van der Waals surface area contributed by atoms with Gasteiger partial charge in [0.15, 0.2) is 17.5 Å². The molecule has 41 heavy (non-hydrogen) atoms. The van der Waals surface area contributed by atoms with Crippen LogP contribution in [0.25, 0.3) is 45.3 Å². The lowest BCUT2D eigenvalue weighted by molar-refractivity contribution is 0.910. The van der Waals surface area contributed by atoms with Crippen molar-refractivity contribution < 1.29 is 0 Å². The number of aryl methyl sites for hydroxylation is 4. The zero-order chi connectivity index (χ0) is 27.2. The molecule has 11 rings (SSSR count). The Kier molecular flexibility index (Phi) is 5.81. The van der Waals surface area contributed by atoms with Crippen LogP contribution in [0.1, 0.15) is 33.4 Å². The van der Waals surface area contributed by atoms with E-state index >= 15 is 0 Å². The van der Waals surface area contributed by atoms with Crippen LogP contribution in [0.3, 0.4) is 0 Å². The molecule has 0 fully saturated rings. The number of benzene rings is 5. The summed E-state index contributed by atoms with van der Waals surface area (Å²) >= 11 is 0. The van der Waals surface area contributed by atoms with Crippen LogP contribution in [-0.4, -0.2) is 15.0 Å². The molecule has 3 nitrogen and oxygen atoms in total. The topological polar surface area (TPSA) is 38.7 Å². The molecule has 0 aliphatic heterocycles. The maximum atomic E-state index is 5.08. The van der Waals surface area contributed by atoms with E-state index in [-0.39, 0.29) is 0 Å². The molecule has 5 aromatic carbocycles. The Morgan fingerprint density at radius 2 is 1.00 bits per heavy atom. The summed E-state index contributed by atoms with van der Waals surface area (Å²) in [4.78, 5) is 15.1. The molecule has 6 aromatic rings. The summed E-state index contributed by atoms with van der Waals surface area (Å²) in [6.07, 6.45) is 4.96. The molecule has 5 aliphatic rings. The molecule has 0 unspecified atom stereocenters. The molecule has 1 aromatic heterocycles. The summed E-state index contributed by atoms with van der Waals surface area (Å²) in [6.45, 7) is 0. The molecular formula is C38H29N3. The molecular weight excluding hydrogens is 498 g/mol. The predicted octanol–water partition coefficient (Wildman–Crippen LogP) is 8.33. The molecule has 1 heterocycles. The van der Waals surface area contributed by atoms with Crippen molar-refractivity contribution in [3.8, 4) is 45.3 Å². The second-order valence-electron chi connectivity index (χ2n) is 11.1. The minimum absolute atomic E-state index is 0.705. The lowest BCUT2D eigenvalue weighted by Crippen LogP contribution is -2.06. The van der Waals surface area contributed by atoms with Gasteiger partial charge in [0.1, 0.15) is 0 Å². The minimum atomic E-state index is 0.705. The van der Waals surface area contributed by atoms with Gasteiger partial charge in [-0.05, 0) is 82.7 Å². The van der Waals surface area contributed by atoms with E-state index in [9.17, 15) is 0 Å². The minimum Gasteiger partial charge on any atom is -0.208 e. The number of aromatic nitrogens is 3. The van der Waals surface area contributed by atoms with Gasteiger partial charge in [-0.25, -0.2) is 15.0 Å². The highest BCUT2D eigenvalue weighted by Gasteiger charge is 2.25. The van der Waals surface area contributed by atoms with Crippen LogP contribution in [0.15, 0.2) is 115 Å². The molecule has 196 valence electrons. The summed E-state index contributed by atoms with van der Waals surface area (Å²) in [7, 11) is 0. The van der Waals surface area contributed by atoms with Gasteiger partial charge in [0.25, 0.3) is 0 Å². The van der Waals surface area contributed by atoms with Crippen molar-refractivity contribution in [2.75, 3.05) is 0 Å². The first-order chi connectivity index (χ1) is 20.3. The highest BCUT2D eigenvalue weighted by Crippen LogP contribution is 2.42. The van der Waals surface area contributed by atoms with Gasteiger partial charge < -0.3 is 0 Å². The van der Waals surface area contributed by atoms with E-state index in [1.165, 1.54) is 44.5 Å². The van der Waals surface area contributed by atoms with E-state index in [1.54, 1.807) is 0 Å². The van der Waals surface area contributed by atoms with Crippen LogP contribution in [0.2, 0.25) is 0 Å². The average Bonchev–Trinajstić information content (AvgIpc) is 3.43. The second kappa shape index (κ2) is 9.94. The Bertz CT molecular complexity index is 1850. The molecule has 0 radical (unpaired) electrons. The smallest absolute Gasteiger partial charge is 0.164 e. The van der Waals surface area contributed by atoms with Crippen LogP contribution >= 0.6 is 0 Å². The summed E-state index contributed by atoms with van der Waals surface area (Å²) in [5.41, 5.74) is 14.5. The van der Waals surface area contributed by atoms with Crippen LogP contribution in [-0.2, 0) is 32.1 Å². The van der Waals surface area contributed by atoms with Crippen LogP contribution in [0.5, 0.6) is 0 Å². The van der Waals surface area contributed by atoms with Gasteiger partial charge >= 0.3 is 0 Å². The third kappa shape index (κ3) is 4.35. The molecule has 0 saturated heterocycles. The normalized spacial score (nSPS) is 13.4. The fourth-order valence-corrected chi connectivity index (χ4v) is 6.51. The summed E-state index contributed by atoms with van der Waals surface area (Å²) < 4.78 is 0. The number of hydrogen-bond acceptors (Lipinski definition) is 3.